The standard InChI is InChI=1S/C33H23N3O5/c1-38-30-16-25-26(17-31(30)39-2)35-14-13-28(25)40-22-11-12-23-21(15-22)9-6-10-24(23)33(37)36-27-18-29(41-32(27)19-34)20-7-4-3-5-8-20/h3-18H,1-2H3,(H,36,37). The van der Waals surface area contributed by atoms with E-state index in [1.165, 1.54) is 0 Å². The number of hydrogen-bond acceptors (Lipinski definition) is 7. The lowest BCUT2D eigenvalue weighted by Gasteiger charge is -2.13. The van der Waals surface area contributed by atoms with Crippen LogP contribution in [0.15, 0.2) is 102 Å². The Morgan fingerprint density at radius 3 is 2.44 bits per heavy atom. The maximum Gasteiger partial charge on any atom is 0.256 e. The van der Waals surface area contributed by atoms with E-state index in [1.807, 2.05) is 60.7 Å². The summed E-state index contributed by atoms with van der Waals surface area (Å²) in [6.07, 6.45) is 1.67. The van der Waals surface area contributed by atoms with Crippen molar-refractivity contribution in [2.45, 2.75) is 0 Å². The predicted octanol–water partition coefficient (Wildman–Crippen LogP) is 7.58. The van der Waals surface area contributed by atoms with Crippen molar-refractivity contribution in [1.82, 2.24) is 4.98 Å². The van der Waals surface area contributed by atoms with E-state index in [1.54, 1.807) is 56.8 Å². The number of furan rings is 1. The molecule has 200 valence electrons. The molecule has 8 nitrogen and oxygen atoms in total. The fraction of sp³-hybridized carbons (Fsp3) is 0.0606. The Morgan fingerprint density at radius 1 is 0.854 bits per heavy atom. The summed E-state index contributed by atoms with van der Waals surface area (Å²) in [5, 5.41) is 14.7. The minimum atomic E-state index is -0.359. The molecule has 6 aromatic rings. The number of anilines is 1. The van der Waals surface area contributed by atoms with Gasteiger partial charge in [0, 0.05) is 34.8 Å². The van der Waals surface area contributed by atoms with Crippen LogP contribution in [0, 0.1) is 11.3 Å². The molecule has 1 amide bonds. The first-order valence-corrected chi connectivity index (χ1v) is 12.7. The van der Waals surface area contributed by atoms with Gasteiger partial charge in [-0.3, -0.25) is 9.78 Å². The number of amides is 1. The molecular weight excluding hydrogens is 518 g/mol. The third kappa shape index (κ3) is 4.88. The third-order valence-corrected chi connectivity index (χ3v) is 6.67. The number of carbonyl (C=O) groups excluding carboxylic acids is 1. The summed E-state index contributed by atoms with van der Waals surface area (Å²) in [6.45, 7) is 0. The Hall–Kier alpha value is -5.81. The summed E-state index contributed by atoms with van der Waals surface area (Å²) in [5.41, 5.74) is 2.27. The molecule has 6 rings (SSSR count). The van der Waals surface area contributed by atoms with E-state index in [0.29, 0.717) is 45.5 Å². The fourth-order valence-electron chi connectivity index (χ4n) is 4.69. The smallest absolute Gasteiger partial charge is 0.256 e. The van der Waals surface area contributed by atoms with Gasteiger partial charge in [-0.25, -0.2) is 0 Å². The maximum absolute atomic E-state index is 13.4. The normalized spacial score (nSPS) is 10.8. The number of nitriles is 1. The van der Waals surface area contributed by atoms with Gasteiger partial charge in [-0.2, -0.15) is 5.26 Å². The zero-order valence-electron chi connectivity index (χ0n) is 22.2. The van der Waals surface area contributed by atoms with E-state index >= 15 is 0 Å². The second kappa shape index (κ2) is 10.8. The van der Waals surface area contributed by atoms with Crippen LogP contribution >= 0.6 is 0 Å². The van der Waals surface area contributed by atoms with Crippen molar-refractivity contribution < 1.29 is 23.4 Å². The molecule has 0 spiro atoms. The quantitative estimate of drug-likeness (QED) is 0.222. The number of benzene rings is 4. The zero-order chi connectivity index (χ0) is 28.3. The van der Waals surface area contributed by atoms with Gasteiger partial charge in [0.2, 0.25) is 5.76 Å². The summed E-state index contributed by atoms with van der Waals surface area (Å²) < 4.78 is 22.8. The molecule has 0 atom stereocenters. The van der Waals surface area contributed by atoms with E-state index in [2.05, 4.69) is 10.3 Å². The Labute approximate surface area is 235 Å². The number of carbonyl (C=O) groups is 1. The topological polar surface area (TPSA) is 107 Å². The molecule has 0 aliphatic rings. The van der Waals surface area contributed by atoms with Gasteiger partial charge in [0.15, 0.2) is 11.5 Å². The molecule has 0 aliphatic carbocycles. The fourth-order valence-corrected chi connectivity index (χ4v) is 4.69. The molecule has 0 unspecified atom stereocenters. The maximum atomic E-state index is 13.4. The molecule has 2 aromatic heterocycles. The van der Waals surface area contributed by atoms with Crippen molar-refractivity contribution in [3.8, 4) is 40.4 Å². The van der Waals surface area contributed by atoms with Crippen LogP contribution in [0.3, 0.4) is 0 Å². The van der Waals surface area contributed by atoms with Crippen molar-refractivity contribution in [2.75, 3.05) is 19.5 Å². The summed E-state index contributed by atoms with van der Waals surface area (Å²) >= 11 is 0. The second-order valence-corrected chi connectivity index (χ2v) is 9.11. The Balaban J connectivity index is 1.29. The van der Waals surface area contributed by atoms with E-state index in [9.17, 15) is 10.1 Å². The highest BCUT2D eigenvalue weighted by Gasteiger charge is 2.18. The predicted molar refractivity (Wildman–Crippen MR) is 156 cm³/mol. The molecule has 2 heterocycles. The van der Waals surface area contributed by atoms with Gasteiger partial charge < -0.3 is 23.9 Å². The van der Waals surface area contributed by atoms with Crippen molar-refractivity contribution in [2.24, 2.45) is 0 Å². The molecule has 8 heteroatoms. The number of hydrogen-bond donors (Lipinski definition) is 1. The molecule has 4 aromatic carbocycles. The molecule has 0 fully saturated rings. The first-order valence-electron chi connectivity index (χ1n) is 12.7. The van der Waals surface area contributed by atoms with Gasteiger partial charge in [-0.15, -0.1) is 0 Å². The van der Waals surface area contributed by atoms with E-state index in [-0.39, 0.29) is 11.7 Å². The second-order valence-electron chi connectivity index (χ2n) is 9.11. The van der Waals surface area contributed by atoms with Crippen LogP contribution in [0.4, 0.5) is 5.69 Å². The Morgan fingerprint density at radius 2 is 1.66 bits per heavy atom. The largest absolute Gasteiger partial charge is 0.493 e. The SMILES string of the molecule is COc1cc2nccc(Oc3ccc4c(C(=O)Nc5cc(-c6ccccc6)oc5C#N)cccc4c3)c2cc1OC. The molecule has 0 bridgehead atoms. The Bertz CT molecular complexity index is 1960. The van der Waals surface area contributed by atoms with E-state index < -0.39 is 0 Å². The van der Waals surface area contributed by atoms with Crippen molar-refractivity contribution >= 4 is 33.3 Å². The number of pyridine rings is 1. The summed E-state index contributed by atoms with van der Waals surface area (Å²) in [4.78, 5) is 17.8. The van der Waals surface area contributed by atoms with E-state index in [0.717, 1.165) is 21.7 Å². The van der Waals surface area contributed by atoms with Crippen molar-refractivity contribution in [3.63, 3.8) is 0 Å². The highest BCUT2D eigenvalue weighted by molar-refractivity contribution is 6.13. The van der Waals surface area contributed by atoms with Gasteiger partial charge in [0.1, 0.15) is 23.3 Å². The molecule has 0 aliphatic heterocycles. The Kier molecular flexibility index (Phi) is 6.68. The van der Waals surface area contributed by atoms with Crippen LogP contribution in [-0.4, -0.2) is 25.1 Å². The zero-order valence-corrected chi connectivity index (χ0v) is 22.2. The summed E-state index contributed by atoms with van der Waals surface area (Å²) in [5.74, 6) is 2.51. The molecule has 0 saturated carbocycles. The number of fused-ring (bicyclic) bond motifs is 2. The lowest BCUT2D eigenvalue weighted by Crippen LogP contribution is -2.12. The average molecular weight is 542 g/mol. The molecular formula is C33H23N3O5. The number of nitrogens with zero attached hydrogens (tertiary/aromatic N) is 2. The number of rotatable bonds is 7. The first-order chi connectivity index (χ1) is 20.1. The van der Waals surface area contributed by atoms with Gasteiger partial charge >= 0.3 is 0 Å². The number of ether oxygens (including phenoxy) is 3. The van der Waals surface area contributed by atoms with Crippen LogP contribution in [0.25, 0.3) is 33.0 Å². The molecule has 0 saturated heterocycles. The number of methoxy groups -OCH3 is 2. The van der Waals surface area contributed by atoms with Gasteiger partial charge in [0.05, 0.1) is 25.4 Å². The number of aromatic nitrogens is 1. The minimum Gasteiger partial charge on any atom is -0.493 e. The van der Waals surface area contributed by atoms with Gasteiger partial charge in [-0.05, 0) is 47.2 Å². The summed E-state index contributed by atoms with van der Waals surface area (Å²) in [6, 6.07) is 29.4. The van der Waals surface area contributed by atoms with Gasteiger partial charge in [-0.1, -0.05) is 42.5 Å². The highest BCUT2D eigenvalue weighted by Crippen LogP contribution is 2.37. The first kappa shape index (κ1) is 25.5. The van der Waals surface area contributed by atoms with Gasteiger partial charge in [0.25, 0.3) is 5.91 Å². The minimum absolute atomic E-state index is 0.0342. The van der Waals surface area contributed by atoms with Crippen LogP contribution in [0.2, 0.25) is 0 Å². The summed E-state index contributed by atoms with van der Waals surface area (Å²) in [7, 11) is 3.15. The van der Waals surface area contributed by atoms with Crippen LogP contribution in [0.5, 0.6) is 23.0 Å². The highest BCUT2D eigenvalue weighted by atomic mass is 16.5. The number of nitrogens with one attached hydrogen (secondary N) is 1. The van der Waals surface area contributed by atoms with E-state index in [4.69, 9.17) is 18.6 Å². The third-order valence-electron chi connectivity index (χ3n) is 6.67. The van der Waals surface area contributed by atoms with Crippen LogP contribution < -0.4 is 19.5 Å². The van der Waals surface area contributed by atoms with Crippen molar-refractivity contribution in [3.05, 3.63) is 109 Å². The van der Waals surface area contributed by atoms with Crippen LogP contribution in [0.1, 0.15) is 16.1 Å². The lowest BCUT2D eigenvalue weighted by atomic mass is 10.0. The average Bonchev–Trinajstić information content (AvgIpc) is 3.43. The monoisotopic (exact) mass is 541 g/mol. The molecule has 1 N–H and O–H groups in total. The van der Waals surface area contributed by atoms with Crippen molar-refractivity contribution in [1.29, 1.82) is 5.26 Å². The van der Waals surface area contributed by atoms with Crippen LogP contribution in [-0.2, 0) is 0 Å². The molecule has 41 heavy (non-hydrogen) atoms. The molecule has 0 radical (unpaired) electrons. The lowest BCUT2D eigenvalue weighted by molar-refractivity contribution is 0.102.